The summed E-state index contributed by atoms with van der Waals surface area (Å²) >= 11 is 0. The molecule has 0 saturated carbocycles. The average Bonchev–Trinajstić information content (AvgIpc) is 3.10. The van der Waals surface area contributed by atoms with Crippen molar-refractivity contribution in [3.63, 3.8) is 0 Å². The number of hydroxylamine groups is 2. The lowest BCUT2D eigenvalue weighted by Crippen LogP contribution is -2.02. The van der Waals surface area contributed by atoms with Crippen molar-refractivity contribution in [3.8, 4) is 0 Å². The van der Waals surface area contributed by atoms with E-state index in [1.807, 2.05) is 23.4 Å². The molecule has 1 aromatic heterocycles. The first-order valence-corrected chi connectivity index (χ1v) is 5.14. The Hall–Kier alpha value is -1.45. The van der Waals surface area contributed by atoms with Crippen molar-refractivity contribution in [2.75, 3.05) is 13.3 Å². The van der Waals surface area contributed by atoms with Crippen molar-refractivity contribution >= 4 is 10.9 Å². The number of hydrogen-bond donors (Lipinski definition) is 0. The normalized spacial score (nSPS) is 19.3. The van der Waals surface area contributed by atoms with Crippen molar-refractivity contribution in [1.29, 1.82) is 0 Å². The van der Waals surface area contributed by atoms with Gasteiger partial charge < -0.3 is 0 Å². The van der Waals surface area contributed by atoms with E-state index in [1.165, 1.54) is 10.9 Å². The van der Waals surface area contributed by atoms with Crippen LogP contribution in [0.25, 0.3) is 10.9 Å². The summed E-state index contributed by atoms with van der Waals surface area (Å²) in [7, 11) is 0. The third-order valence-corrected chi connectivity index (χ3v) is 2.68. The Morgan fingerprint density at radius 2 is 2.20 bits per heavy atom. The topological polar surface area (TPSA) is 28.4 Å². The Morgan fingerprint density at radius 3 is 3.07 bits per heavy atom. The molecule has 15 heavy (non-hydrogen) atoms. The molecule has 1 fully saturated rings. The first-order valence-electron chi connectivity index (χ1n) is 5.14. The summed E-state index contributed by atoms with van der Waals surface area (Å²) in [6.45, 7) is 1.75. The van der Waals surface area contributed by atoms with Gasteiger partial charge in [0.2, 0.25) is 0 Å². The van der Waals surface area contributed by atoms with E-state index < -0.39 is 0 Å². The van der Waals surface area contributed by atoms with Gasteiger partial charge in [0.1, 0.15) is 6.73 Å². The maximum absolute atomic E-state index is 5.06. The molecule has 1 atom stereocenters. The van der Waals surface area contributed by atoms with Gasteiger partial charge in [-0.15, -0.1) is 0 Å². The molecular weight excluding hydrogens is 188 g/mol. The van der Waals surface area contributed by atoms with E-state index in [4.69, 9.17) is 4.84 Å². The van der Waals surface area contributed by atoms with Gasteiger partial charge in [0.05, 0.1) is 5.52 Å². The fraction of sp³-hybridized carbons (Fsp3) is 0.250. The highest BCUT2D eigenvalue weighted by atomic mass is 16.8. The molecule has 1 aliphatic heterocycles. The quantitative estimate of drug-likeness (QED) is 0.709. The number of rotatable bonds is 3. The maximum atomic E-state index is 5.06. The summed E-state index contributed by atoms with van der Waals surface area (Å²) in [5, 5.41) is 3.21. The van der Waals surface area contributed by atoms with Crippen LogP contribution in [0, 0.1) is 0 Å². The molecule has 3 nitrogen and oxygen atoms in total. The highest BCUT2D eigenvalue weighted by Gasteiger charge is 2.18. The highest BCUT2D eigenvalue weighted by Crippen LogP contribution is 2.18. The third-order valence-electron chi connectivity index (χ3n) is 2.68. The van der Waals surface area contributed by atoms with Crippen molar-refractivity contribution < 1.29 is 4.84 Å². The van der Waals surface area contributed by atoms with Gasteiger partial charge in [0, 0.05) is 18.1 Å². The molecule has 3 rings (SSSR count). The lowest BCUT2D eigenvalue weighted by molar-refractivity contribution is 0.203. The highest BCUT2D eigenvalue weighted by molar-refractivity contribution is 5.81. The minimum absolute atomic E-state index is 0.781. The molecule has 2 aromatic rings. The molecule has 2 heterocycles. The monoisotopic (exact) mass is 200 g/mol. The molecule has 0 spiro atoms. The average molecular weight is 200 g/mol. The van der Waals surface area contributed by atoms with Crippen LogP contribution in [0.4, 0.5) is 0 Å². The van der Waals surface area contributed by atoms with Gasteiger partial charge >= 0.3 is 0 Å². The SMILES string of the molecule is c1cc(CCN2CO2)c2cccnc2c1. The van der Waals surface area contributed by atoms with Crippen LogP contribution in [-0.4, -0.2) is 23.3 Å². The van der Waals surface area contributed by atoms with Crippen LogP contribution in [0.3, 0.4) is 0 Å². The zero-order chi connectivity index (χ0) is 10.1. The summed E-state index contributed by atoms with van der Waals surface area (Å²) in [4.78, 5) is 9.40. The Labute approximate surface area is 88.2 Å². The minimum Gasteiger partial charge on any atom is -0.279 e. The summed E-state index contributed by atoms with van der Waals surface area (Å²) in [5.74, 6) is 0. The number of fused-ring (bicyclic) bond motifs is 1. The van der Waals surface area contributed by atoms with E-state index in [0.29, 0.717) is 0 Å². The molecule has 1 saturated heterocycles. The van der Waals surface area contributed by atoms with E-state index in [2.05, 4.69) is 23.2 Å². The summed E-state index contributed by atoms with van der Waals surface area (Å²) in [6, 6.07) is 10.4. The van der Waals surface area contributed by atoms with Crippen molar-refractivity contribution in [2.45, 2.75) is 6.42 Å². The minimum atomic E-state index is 0.781. The van der Waals surface area contributed by atoms with Gasteiger partial charge in [-0.25, -0.2) is 0 Å². The largest absolute Gasteiger partial charge is 0.279 e. The standard InChI is InChI=1S/C12H12N2O/c1-3-10(6-8-14-9-15-14)11-4-2-7-13-12(11)5-1/h1-5,7H,6,8-9H2. The van der Waals surface area contributed by atoms with Crippen LogP contribution >= 0.6 is 0 Å². The van der Waals surface area contributed by atoms with Crippen LogP contribution in [0.15, 0.2) is 36.5 Å². The van der Waals surface area contributed by atoms with E-state index in [9.17, 15) is 0 Å². The van der Waals surface area contributed by atoms with Gasteiger partial charge in [0.25, 0.3) is 0 Å². The molecule has 0 N–H and O–H groups in total. The second kappa shape index (κ2) is 3.61. The van der Waals surface area contributed by atoms with Crippen LogP contribution < -0.4 is 0 Å². The number of aromatic nitrogens is 1. The first-order chi connectivity index (χ1) is 7.43. The van der Waals surface area contributed by atoms with E-state index in [0.717, 1.165) is 25.2 Å². The molecule has 0 amide bonds. The third kappa shape index (κ3) is 1.84. The fourth-order valence-corrected chi connectivity index (χ4v) is 1.80. The smallest absolute Gasteiger partial charge is 0.144 e. The molecule has 1 aromatic carbocycles. The van der Waals surface area contributed by atoms with Crippen LogP contribution in [0.1, 0.15) is 5.56 Å². The summed E-state index contributed by atoms with van der Waals surface area (Å²) in [5.41, 5.74) is 2.41. The lowest BCUT2D eigenvalue weighted by atomic mass is 10.1. The van der Waals surface area contributed by atoms with Gasteiger partial charge in [-0.1, -0.05) is 18.2 Å². The van der Waals surface area contributed by atoms with Gasteiger partial charge in [-0.2, -0.15) is 5.06 Å². The van der Waals surface area contributed by atoms with E-state index >= 15 is 0 Å². The van der Waals surface area contributed by atoms with E-state index in [-0.39, 0.29) is 0 Å². The number of pyridine rings is 1. The Morgan fingerprint density at radius 1 is 1.27 bits per heavy atom. The number of benzene rings is 1. The zero-order valence-electron chi connectivity index (χ0n) is 8.39. The van der Waals surface area contributed by atoms with Gasteiger partial charge in [0.15, 0.2) is 0 Å². The Kier molecular flexibility index (Phi) is 2.12. The molecule has 0 aliphatic carbocycles. The molecule has 0 bridgehead atoms. The predicted octanol–water partition coefficient (Wildman–Crippen LogP) is 1.98. The van der Waals surface area contributed by atoms with Crippen molar-refractivity contribution in [1.82, 2.24) is 10.0 Å². The summed E-state index contributed by atoms with van der Waals surface area (Å²) < 4.78 is 0. The molecule has 0 radical (unpaired) electrons. The zero-order valence-corrected chi connectivity index (χ0v) is 8.39. The lowest BCUT2D eigenvalue weighted by Gasteiger charge is -2.04. The van der Waals surface area contributed by atoms with Crippen LogP contribution in [0.5, 0.6) is 0 Å². The second-order valence-electron chi connectivity index (χ2n) is 3.70. The maximum Gasteiger partial charge on any atom is 0.144 e. The molecule has 1 aliphatic rings. The Balaban J connectivity index is 1.93. The van der Waals surface area contributed by atoms with Crippen molar-refractivity contribution in [2.24, 2.45) is 0 Å². The molecular formula is C12H12N2O. The van der Waals surface area contributed by atoms with E-state index in [1.54, 1.807) is 0 Å². The van der Waals surface area contributed by atoms with Gasteiger partial charge in [-0.05, 0) is 24.1 Å². The number of nitrogens with zero attached hydrogens (tertiary/aromatic N) is 2. The number of hydrogen-bond acceptors (Lipinski definition) is 3. The molecule has 1 unspecified atom stereocenters. The Bertz CT molecular complexity index is 475. The fourth-order valence-electron chi connectivity index (χ4n) is 1.80. The second-order valence-corrected chi connectivity index (χ2v) is 3.70. The summed E-state index contributed by atoms with van der Waals surface area (Å²) in [6.07, 6.45) is 2.85. The van der Waals surface area contributed by atoms with Crippen LogP contribution in [0.2, 0.25) is 0 Å². The molecule has 76 valence electrons. The van der Waals surface area contributed by atoms with Crippen molar-refractivity contribution in [3.05, 3.63) is 42.1 Å². The molecule has 3 heteroatoms. The predicted molar refractivity (Wildman–Crippen MR) is 58.1 cm³/mol. The van der Waals surface area contributed by atoms with Crippen LogP contribution in [-0.2, 0) is 11.3 Å². The first kappa shape index (κ1) is 8.83. The van der Waals surface area contributed by atoms with Gasteiger partial charge in [-0.3, -0.25) is 9.82 Å².